The van der Waals surface area contributed by atoms with Crippen LogP contribution in [0.1, 0.15) is 13.3 Å². The first-order valence-electron chi connectivity index (χ1n) is 5.04. The quantitative estimate of drug-likeness (QED) is 0.534. The number of aliphatic imine (C=N–C) groups is 1. The first-order valence-corrected chi connectivity index (χ1v) is 6.20. The number of hydrogen-bond donors (Lipinski definition) is 1. The minimum absolute atomic E-state index is 0.493. The summed E-state index contributed by atoms with van der Waals surface area (Å²) in [6.07, 6.45) is 3.05. The molecule has 0 spiro atoms. The molecule has 1 aliphatic rings. The van der Waals surface area contributed by atoms with Crippen molar-refractivity contribution < 1.29 is 0 Å². The Hall–Kier alpha value is -0.640. The molecule has 2 N–H and O–H groups in total. The second-order valence-electron chi connectivity index (χ2n) is 3.28. The fourth-order valence-corrected chi connectivity index (χ4v) is 2.30. The van der Waals surface area contributed by atoms with E-state index in [9.17, 15) is 0 Å². The van der Waals surface area contributed by atoms with Crippen LogP contribution >= 0.6 is 11.8 Å². The zero-order chi connectivity index (χ0) is 10.4. The van der Waals surface area contributed by atoms with Crippen molar-refractivity contribution in [2.75, 3.05) is 24.6 Å². The van der Waals surface area contributed by atoms with Gasteiger partial charge in [-0.3, -0.25) is 4.99 Å². The SMILES string of the molecule is C=CCN1C(N)=NCC1CCSCC. The molecule has 0 saturated heterocycles. The molecule has 14 heavy (non-hydrogen) atoms. The van der Waals surface area contributed by atoms with Gasteiger partial charge in [0.05, 0.1) is 12.6 Å². The number of rotatable bonds is 6. The highest BCUT2D eigenvalue weighted by Crippen LogP contribution is 2.14. The molecule has 0 radical (unpaired) electrons. The summed E-state index contributed by atoms with van der Waals surface area (Å²) in [6.45, 7) is 7.59. The molecule has 3 nitrogen and oxygen atoms in total. The highest BCUT2D eigenvalue weighted by molar-refractivity contribution is 7.99. The van der Waals surface area contributed by atoms with Gasteiger partial charge in [-0.15, -0.1) is 6.58 Å². The Morgan fingerprint density at radius 2 is 2.57 bits per heavy atom. The molecule has 1 rings (SSSR count). The van der Waals surface area contributed by atoms with Crippen molar-refractivity contribution in [2.24, 2.45) is 10.7 Å². The Morgan fingerprint density at radius 1 is 1.79 bits per heavy atom. The molecule has 0 fully saturated rings. The van der Waals surface area contributed by atoms with E-state index in [0.29, 0.717) is 12.0 Å². The van der Waals surface area contributed by atoms with E-state index in [2.05, 4.69) is 23.4 Å². The fourth-order valence-electron chi connectivity index (χ4n) is 1.57. The molecule has 0 saturated carbocycles. The summed E-state index contributed by atoms with van der Waals surface area (Å²) < 4.78 is 0. The molecule has 0 aromatic heterocycles. The largest absolute Gasteiger partial charge is 0.370 e. The zero-order valence-electron chi connectivity index (χ0n) is 8.78. The summed E-state index contributed by atoms with van der Waals surface area (Å²) in [7, 11) is 0. The molecule has 0 aromatic rings. The van der Waals surface area contributed by atoms with Crippen molar-refractivity contribution >= 4 is 17.7 Å². The van der Waals surface area contributed by atoms with Gasteiger partial charge in [0.1, 0.15) is 0 Å². The van der Waals surface area contributed by atoms with Crippen LogP contribution in [0.4, 0.5) is 0 Å². The average molecular weight is 213 g/mol. The molecule has 80 valence electrons. The minimum Gasteiger partial charge on any atom is -0.370 e. The molecule has 0 aliphatic carbocycles. The highest BCUT2D eigenvalue weighted by Gasteiger charge is 2.23. The normalized spacial score (nSPS) is 21.1. The summed E-state index contributed by atoms with van der Waals surface area (Å²) >= 11 is 1.97. The van der Waals surface area contributed by atoms with Gasteiger partial charge in [-0.2, -0.15) is 11.8 Å². The molecule has 1 aliphatic heterocycles. The summed E-state index contributed by atoms with van der Waals surface area (Å²) in [5, 5.41) is 0. The predicted molar refractivity (Wildman–Crippen MR) is 64.8 cm³/mol. The van der Waals surface area contributed by atoms with Gasteiger partial charge in [-0.05, 0) is 17.9 Å². The number of nitrogens with two attached hydrogens (primary N) is 1. The Labute approximate surface area is 90.4 Å². The van der Waals surface area contributed by atoms with Gasteiger partial charge in [0.15, 0.2) is 5.96 Å². The first-order chi connectivity index (χ1) is 6.79. The van der Waals surface area contributed by atoms with Gasteiger partial charge in [-0.1, -0.05) is 13.0 Å². The third kappa shape index (κ3) is 2.94. The topological polar surface area (TPSA) is 41.6 Å². The van der Waals surface area contributed by atoms with Gasteiger partial charge in [-0.25, -0.2) is 0 Å². The molecule has 0 bridgehead atoms. The standard InChI is InChI=1S/C10H19N3S/c1-3-6-13-9(5-7-14-4-2)8-12-10(13)11/h3,9H,1,4-8H2,2H3,(H2,11,12). The average Bonchev–Trinajstić information content (AvgIpc) is 2.51. The molecule has 1 heterocycles. The lowest BCUT2D eigenvalue weighted by atomic mass is 10.2. The maximum Gasteiger partial charge on any atom is 0.191 e. The molecule has 0 amide bonds. The highest BCUT2D eigenvalue weighted by atomic mass is 32.2. The van der Waals surface area contributed by atoms with Crippen molar-refractivity contribution in [1.82, 2.24) is 4.90 Å². The Kier molecular flexibility index (Phi) is 4.87. The Balaban J connectivity index is 2.34. The van der Waals surface area contributed by atoms with Crippen LogP contribution in [0.2, 0.25) is 0 Å². The Bertz CT molecular complexity index is 215. The van der Waals surface area contributed by atoms with Crippen molar-refractivity contribution in [1.29, 1.82) is 0 Å². The lowest BCUT2D eigenvalue weighted by Gasteiger charge is -2.24. The smallest absolute Gasteiger partial charge is 0.191 e. The lowest BCUT2D eigenvalue weighted by molar-refractivity contribution is 0.363. The molecule has 0 aromatic carbocycles. The summed E-state index contributed by atoms with van der Waals surface area (Å²) in [5.41, 5.74) is 5.78. The third-order valence-corrected chi connectivity index (χ3v) is 3.26. The molecule has 1 unspecified atom stereocenters. The van der Waals surface area contributed by atoms with E-state index in [1.165, 1.54) is 11.5 Å². The van der Waals surface area contributed by atoms with Gasteiger partial charge >= 0.3 is 0 Å². The monoisotopic (exact) mass is 213 g/mol. The van der Waals surface area contributed by atoms with Crippen LogP contribution in [0, 0.1) is 0 Å². The van der Waals surface area contributed by atoms with Crippen LogP contribution in [0.15, 0.2) is 17.6 Å². The second-order valence-corrected chi connectivity index (χ2v) is 4.67. The summed E-state index contributed by atoms with van der Waals surface area (Å²) in [5.74, 6) is 3.05. The van der Waals surface area contributed by atoms with E-state index in [1.54, 1.807) is 0 Å². The van der Waals surface area contributed by atoms with Gasteiger partial charge < -0.3 is 10.6 Å². The number of guanidine groups is 1. The van der Waals surface area contributed by atoms with Gasteiger partial charge in [0, 0.05) is 6.54 Å². The van der Waals surface area contributed by atoms with Crippen molar-refractivity contribution in [2.45, 2.75) is 19.4 Å². The van der Waals surface area contributed by atoms with Crippen LogP contribution < -0.4 is 5.73 Å². The maximum absolute atomic E-state index is 5.78. The van der Waals surface area contributed by atoms with Crippen molar-refractivity contribution in [3.8, 4) is 0 Å². The lowest BCUT2D eigenvalue weighted by Crippen LogP contribution is -2.40. The predicted octanol–water partition coefficient (Wildman–Crippen LogP) is 1.31. The zero-order valence-corrected chi connectivity index (χ0v) is 9.59. The van der Waals surface area contributed by atoms with E-state index in [4.69, 9.17) is 5.73 Å². The van der Waals surface area contributed by atoms with E-state index < -0.39 is 0 Å². The van der Waals surface area contributed by atoms with Crippen molar-refractivity contribution in [3.05, 3.63) is 12.7 Å². The van der Waals surface area contributed by atoms with Crippen LogP contribution in [0.3, 0.4) is 0 Å². The fraction of sp³-hybridized carbons (Fsp3) is 0.700. The molecule has 1 atom stereocenters. The van der Waals surface area contributed by atoms with Crippen LogP contribution in [-0.2, 0) is 0 Å². The Morgan fingerprint density at radius 3 is 3.21 bits per heavy atom. The van der Waals surface area contributed by atoms with Crippen LogP contribution in [0.25, 0.3) is 0 Å². The first kappa shape index (κ1) is 11.4. The maximum atomic E-state index is 5.78. The van der Waals surface area contributed by atoms with E-state index >= 15 is 0 Å². The van der Waals surface area contributed by atoms with Crippen molar-refractivity contribution in [3.63, 3.8) is 0 Å². The van der Waals surface area contributed by atoms with E-state index in [0.717, 1.165) is 19.5 Å². The van der Waals surface area contributed by atoms with E-state index in [1.807, 2.05) is 17.8 Å². The number of nitrogens with zero attached hydrogens (tertiary/aromatic N) is 2. The number of hydrogen-bond acceptors (Lipinski definition) is 4. The van der Waals surface area contributed by atoms with Gasteiger partial charge in [0.25, 0.3) is 0 Å². The summed E-state index contributed by atoms with van der Waals surface area (Å²) in [4.78, 5) is 6.40. The molecular weight excluding hydrogens is 194 g/mol. The number of thioether (sulfide) groups is 1. The molecule has 4 heteroatoms. The van der Waals surface area contributed by atoms with Crippen LogP contribution in [0.5, 0.6) is 0 Å². The third-order valence-electron chi connectivity index (χ3n) is 2.32. The van der Waals surface area contributed by atoms with Crippen LogP contribution in [-0.4, -0.2) is 41.5 Å². The minimum atomic E-state index is 0.493. The van der Waals surface area contributed by atoms with Gasteiger partial charge in [0.2, 0.25) is 0 Å². The summed E-state index contributed by atoms with van der Waals surface area (Å²) in [6, 6.07) is 0.493. The second kappa shape index (κ2) is 5.96. The molecular formula is C10H19N3S. The van der Waals surface area contributed by atoms with E-state index in [-0.39, 0.29) is 0 Å².